The first-order chi connectivity index (χ1) is 14.2. The number of anilines is 1. The van der Waals surface area contributed by atoms with Gasteiger partial charge in [-0.1, -0.05) is 53.3 Å². The number of thioether (sulfide) groups is 1. The normalized spacial score (nSPS) is 24.3. The highest BCUT2D eigenvalue weighted by Gasteiger charge is 2.51. The molecule has 5 nitrogen and oxygen atoms in total. The summed E-state index contributed by atoms with van der Waals surface area (Å²) in [5, 5.41) is 5.53. The molecule has 0 aromatic heterocycles. The van der Waals surface area contributed by atoms with E-state index in [1.165, 1.54) is 14.0 Å². The lowest BCUT2D eigenvalue weighted by Gasteiger charge is -2.22. The van der Waals surface area contributed by atoms with Crippen molar-refractivity contribution in [3.05, 3.63) is 53.6 Å². The van der Waals surface area contributed by atoms with Gasteiger partial charge in [-0.05, 0) is 37.5 Å². The second-order valence-corrected chi connectivity index (χ2v) is 8.30. The topological polar surface area (TPSA) is 63.0 Å². The predicted octanol–water partition coefficient (Wildman–Crippen LogP) is 5.08. The summed E-state index contributed by atoms with van der Waals surface area (Å²) < 4.78 is 39.8. The Morgan fingerprint density at radius 3 is 2.70 bits per heavy atom. The monoisotopic (exact) mass is 437 g/mol. The third-order valence-electron chi connectivity index (χ3n) is 4.86. The summed E-state index contributed by atoms with van der Waals surface area (Å²) in [4.78, 5) is 21.1. The van der Waals surface area contributed by atoms with Crippen molar-refractivity contribution >= 4 is 34.1 Å². The molecule has 3 rings (SSSR count). The largest absolute Gasteiger partial charge is 0.412 e. The quantitative estimate of drug-likeness (QED) is 0.516. The summed E-state index contributed by atoms with van der Waals surface area (Å²) in [5.74, 6) is -0.720. The maximum absolute atomic E-state index is 13.3. The van der Waals surface area contributed by atoms with Crippen LogP contribution in [0, 0.1) is 0 Å². The number of carbonyl (C=O) groups excluding carboxylic acids is 1. The molecular formula is C21H22F3N3O2S. The summed E-state index contributed by atoms with van der Waals surface area (Å²) in [6, 6.07) is 5.12. The van der Waals surface area contributed by atoms with Crippen molar-refractivity contribution in [2.24, 2.45) is 10.1 Å². The van der Waals surface area contributed by atoms with Crippen LogP contribution in [0.4, 0.5) is 18.9 Å². The molecule has 0 spiro atoms. The van der Waals surface area contributed by atoms with Crippen LogP contribution in [0.15, 0.2) is 58.2 Å². The van der Waals surface area contributed by atoms with Gasteiger partial charge in [-0.3, -0.25) is 9.79 Å². The number of halogens is 3. The minimum atomic E-state index is -4.57. The van der Waals surface area contributed by atoms with Crippen LogP contribution in [0.5, 0.6) is 0 Å². The summed E-state index contributed by atoms with van der Waals surface area (Å²) in [6.07, 6.45) is 2.03. The van der Waals surface area contributed by atoms with E-state index in [2.05, 4.69) is 15.5 Å². The Morgan fingerprint density at radius 2 is 2.07 bits per heavy atom. The summed E-state index contributed by atoms with van der Waals surface area (Å²) in [6.45, 7) is 3.32. The van der Waals surface area contributed by atoms with E-state index in [-0.39, 0.29) is 11.0 Å². The first-order valence-electron chi connectivity index (χ1n) is 9.34. The van der Waals surface area contributed by atoms with Crippen LogP contribution in [-0.4, -0.2) is 41.2 Å². The number of nitrogens with zero attached hydrogens (tertiary/aromatic N) is 2. The fourth-order valence-corrected chi connectivity index (χ4v) is 4.48. The van der Waals surface area contributed by atoms with Crippen molar-refractivity contribution < 1.29 is 22.8 Å². The van der Waals surface area contributed by atoms with E-state index in [9.17, 15) is 18.0 Å². The third-order valence-corrected chi connectivity index (χ3v) is 6.04. The molecule has 3 unspecified atom stereocenters. The van der Waals surface area contributed by atoms with Gasteiger partial charge in [0.1, 0.15) is 12.4 Å². The molecule has 1 aromatic rings. The molecule has 0 saturated carbocycles. The number of amides is 1. The van der Waals surface area contributed by atoms with Crippen molar-refractivity contribution in [2.75, 3.05) is 12.4 Å². The SMILES string of the molecule is CO/N=C(/C)C1=CCC(c2ccccc2NC(=O)C2SC(C)=NC2C(F)(F)F)C=C1. The first kappa shape index (κ1) is 22.1. The highest BCUT2D eigenvalue weighted by Crippen LogP contribution is 2.38. The van der Waals surface area contributed by atoms with Gasteiger partial charge in [0.15, 0.2) is 6.04 Å². The number of para-hydroxylation sites is 1. The zero-order valence-electron chi connectivity index (χ0n) is 16.7. The van der Waals surface area contributed by atoms with Crippen molar-refractivity contribution in [3.8, 4) is 0 Å². The van der Waals surface area contributed by atoms with Gasteiger partial charge in [-0.2, -0.15) is 13.2 Å². The minimum Gasteiger partial charge on any atom is -0.399 e. The number of nitrogens with one attached hydrogen (secondary N) is 1. The number of hydrogen-bond donors (Lipinski definition) is 1. The Labute approximate surface area is 177 Å². The van der Waals surface area contributed by atoms with Gasteiger partial charge in [0, 0.05) is 11.6 Å². The maximum atomic E-state index is 13.3. The zero-order valence-corrected chi connectivity index (χ0v) is 17.6. The number of carbonyl (C=O) groups is 1. The molecular weight excluding hydrogens is 415 g/mol. The van der Waals surface area contributed by atoms with Crippen LogP contribution in [0.2, 0.25) is 0 Å². The first-order valence-corrected chi connectivity index (χ1v) is 10.2. The van der Waals surface area contributed by atoms with Gasteiger partial charge in [0.25, 0.3) is 0 Å². The van der Waals surface area contributed by atoms with Crippen molar-refractivity contribution in [1.29, 1.82) is 0 Å². The second-order valence-electron chi connectivity index (χ2n) is 6.97. The fraction of sp³-hybridized carbons (Fsp3) is 0.381. The molecule has 1 aromatic carbocycles. The van der Waals surface area contributed by atoms with Crippen LogP contribution in [0.1, 0.15) is 31.7 Å². The van der Waals surface area contributed by atoms with Crippen molar-refractivity contribution in [1.82, 2.24) is 0 Å². The number of oxime groups is 1. The Morgan fingerprint density at radius 1 is 1.33 bits per heavy atom. The molecule has 30 heavy (non-hydrogen) atoms. The minimum absolute atomic E-state index is 0.0202. The molecule has 1 heterocycles. The summed E-state index contributed by atoms with van der Waals surface area (Å²) in [5.41, 5.74) is 3.03. The van der Waals surface area contributed by atoms with Gasteiger partial charge in [0.05, 0.1) is 10.8 Å². The number of benzene rings is 1. The Balaban J connectivity index is 1.76. The van der Waals surface area contributed by atoms with Crippen LogP contribution in [-0.2, 0) is 9.63 Å². The van der Waals surface area contributed by atoms with Crippen LogP contribution >= 0.6 is 11.8 Å². The van der Waals surface area contributed by atoms with E-state index in [0.29, 0.717) is 12.1 Å². The number of rotatable bonds is 5. The second kappa shape index (κ2) is 9.07. The molecule has 2 aliphatic rings. The molecule has 0 fully saturated rings. The van der Waals surface area contributed by atoms with Crippen LogP contribution < -0.4 is 5.32 Å². The lowest BCUT2D eigenvalue weighted by atomic mass is 9.88. The van der Waals surface area contributed by atoms with Crippen molar-refractivity contribution in [2.45, 2.75) is 43.7 Å². The molecule has 0 saturated heterocycles. The third kappa shape index (κ3) is 4.95. The van der Waals surface area contributed by atoms with Crippen LogP contribution in [0.3, 0.4) is 0 Å². The standard InChI is InChI=1S/C21H22F3N3O2S/c1-12(27-29-3)14-8-10-15(11-9-14)16-6-4-5-7-17(16)26-20(28)18-19(21(22,23)24)25-13(2)30-18/h4-10,15,18-19H,11H2,1-3H3,(H,26,28)/b27-12-. The van der Waals surface area contributed by atoms with E-state index >= 15 is 0 Å². The Kier molecular flexibility index (Phi) is 6.70. The van der Waals surface area contributed by atoms with Crippen molar-refractivity contribution in [3.63, 3.8) is 0 Å². The molecule has 3 atom stereocenters. The molecule has 1 aliphatic heterocycles. The fourth-order valence-electron chi connectivity index (χ4n) is 3.43. The van der Waals surface area contributed by atoms with Gasteiger partial charge in [-0.25, -0.2) is 0 Å². The van der Waals surface area contributed by atoms with Gasteiger partial charge < -0.3 is 10.2 Å². The van der Waals surface area contributed by atoms with Crippen LogP contribution in [0.25, 0.3) is 0 Å². The summed E-state index contributed by atoms with van der Waals surface area (Å²) in [7, 11) is 1.48. The molecule has 0 bridgehead atoms. The van der Waals surface area contributed by atoms with E-state index in [0.717, 1.165) is 28.6 Å². The van der Waals surface area contributed by atoms with Gasteiger partial charge in [0.2, 0.25) is 5.91 Å². The lowest BCUT2D eigenvalue weighted by Crippen LogP contribution is -2.41. The van der Waals surface area contributed by atoms with Gasteiger partial charge in [-0.15, -0.1) is 0 Å². The highest BCUT2D eigenvalue weighted by molar-refractivity contribution is 8.15. The predicted molar refractivity (Wildman–Crippen MR) is 114 cm³/mol. The molecule has 1 N–H and O–H groups in total. The number of hydrogen-bond acceptors (Lipinski definition) is 5. The lowest BCUT2D eigenvalue weighted by molar-refractivity contribution is -0.150. The molecule has 160 valence electrons. The van der Waals surface area contributed by atoms with E-state index in [1.807, 2.05) is 37.3 Å². The molecule has 1 amide bonds. The maximum Gasteiger partial charge on any atom is 0.412 e. The Bertz CT molecular complexity index is 938. The van der Waals surface area contributed by atoms with E-state index in [4.69, 9.17) is 4.84 Å². The number of alkyl halides is 3. The van der Waals surface area contributed by atoms with Gasteiger partial charge >= 0.3 is 6.18 Å². The average molecular weight is 437 g/mol. The molecule has 9 heteroatoms. The summed E-state index contributed by atoms with van der Waals surface area (Å²) >= 11 is 0.847. The van der Waals surface area contributed by atoms with E-state index in [1.54, 1.807) is 12.1 Å². The molecule has 0 radical (unpaired) electrons. The average Bonchev–Trinajstić information content (AvgIpc) is 3.11. The number of allylic oxidation sites excluding steroid dienone is 4. The number of aliphatic imine (C=N–C) groups is 1. The molecule has 1 aliphatic carbocycles. The smallest absolute Gasteiger partial charge is 0.399 e. The Hall–Kier alpha value is -2.55. The van der Waals surface area contributed by atoms with E-state index < -0.39 is 23.4 Å². The highest BCUT2D eigenvalue weighted by atomic mass is 32.2. The zero-order chi connectivity index (χ0) is 21.9.